The molecular formula is C16H24N4. The summed E-state index contributed by atoms with van der Waals surface area (Å²) in [6.45, 7) is 12.3. The Kier molecular flexibility index (Phi) is 4.55. The van der Waals surface area contributed by atoms with Crippen molar-refractivity contribution in [2.75, 3.05) is 0 Å². The van der Waals surface area contributed by atoms with Crippen LogP contribution >= 0.6 is 0 Å². The van der Waals surface area contributed by atoms with Crippen LogP contribution in [-0.4, -0.2) is 20.8 Å². The van der Waals surface area contributed by atoms with Gasteiger partial charge in [0.25, 0.3) is 0 Å². The van der Waals surface area contributed by atoms with E-state index in [0.29, 0.717) is 6.04 Å². The third kappa shape index (κ3) is 3.45. The molecule has 4 nitrogen and oxygen atoms in total. The molecule has 2 aromatic rings. The molecule has 2 rings (SSSR count). The summed E-state index contributed by atoms with van der Waals surface area (Å²) in [7, 11) is 0. The Morgan fingerprint density at radius 2 is 1.80 bits per heavy atom. The number of rotatable bonds is 5. The second-order valence-electron chi connectivity index (χ2n) is 5.75. The smallest absolute Gasteiger partial charge is 0.141 e. The predicted molar refractivity (Wildman–Crippen MR) is 81.8 cm³/mol. The number of aromatic nitrogens is 3. The summed E-state index contributed by atoms with van der Waals surface area (Å²) >= 11 is 0. The van der Waals surface area contributed by atoms with E-state index >= 15 is 0 Å². The summed E-state index contributed by atoms with van der Waals surface area (Å²) in [5, 5.41) is 7.75. The fourth-order valence-electron chi connectivity index (χ4n) is 2.46. The second-order valence-corrected chi connectivity index (χ2v) is 5.75. The summed E-state index contributed by atoms with van der Waals surface area (Å²) < 4.78 is 1.99. The Balaban J connectivity index is 2.21. The molecule has 1 N–H and O–H groups in total. The lowest BCUT2D eigenvalue weighted by Crippen LogP contribution is -2.24. The summed E-state index contributed by atoms with van der Waals surface area (Å²) in [5.74, 6) is 0.984. The van der Waals surface area contributed by atoms with Crippen molar-refractivity contribution in [2.45, 2.75) is 53.8 Å². The molecule has 0 aliphatic rings. The van der Waals surface area contributed by atoms with E-state index in [1.165, 1.54) is 22.3 Å². The fraction of sp³-hybridized carbons (Fsp3) is 0.500. The van der Waals surface area contributed by atoms with Crippen molar-refractivity contribution in [3.63, 3.8) is 0 Å². The Morgan fingerprint density at radius 1 is 1.15 bits per heavy atom. The maximum absolute atomic E-state index is 4.36. The minimum absolute atomic E-state index is 0.447. The van der Waals surface area contributed by atoms with Gasteiger partial charge in [0.2, 0.25) is 0 Å². The summed E-state index contributed by atoms with van der Waals surface area (Å²) in [6, 6.07) is 4.90. The van der Waals surface area contributed by atoms with E-state index in [2.05, 4.69) is 62.2 Å². The number of hydrogen-bond donors (Lipinski definition) is 1. The van der Waals surface area contributed by atoms with Gasteiger partial charge >= 0.3 is 0 Å². The molecule has 4 heteroatoms. The molecule has 0 bridgehead atoms. The lowest BCUT2D eigenvalue weighted by Gasteiger charge is -2.14. The van der Waals surface area contributed by atoms with Crippen molar-refractivity contribution in [1.82, 2.24) is 20.1 Å². The molecule has 1 aromatic heterocycles. The maximum Gasteiger partial charge on any atom is 0.141 e. The van der Waals surface area contributed by atoms with Crippen LogP contribution in [0.15, 0.2) is 18.5 Å². The third-order valence-corrected chi connectivity index (χ3v) is 3.51. The Hall–Kier alpha value is -1.68. The Bertz CT molecular complexity index is 561. The minimum Gasteiger partial charge on any atom is -0.308 e. The highest BCUT2D eigenvalue weighted by Crippen LogP contribution is 2.17. The molecule has 0 saturated heterocycles. The van der Waals surface area contributed by atoms with Gasteiger partial charge in [0.1, 0.15) is 12.2 Å². The summed E-state index contributed by atoms with van der Waals surface area (Å²) in [6.07, 6.45) is 1.64. The van der Waals surface area contributed by atoms with E-state index < -0.39 is 0 Å². The Labute approximate surface area is 121 Å². The van der Waals surface area contributed by atoms with Crippen molar-refractivity contribution in [1.29, 1.82) is 0 Å². The summed E-state index contributed by atoms with van der Waals surface area (Å²) in [5.41, 5.74) is 5.29. The molecule has 0 fully saturated rings. The van der Waals surface area contributed by atoms with Gasteiger partial charge in [0.05, 0.1) is 13.1 Å². The van der Waals surface area contributed by atoms with Crippen molar-refractivity contribution in [2.24, 2.45) is 0 Å². The maximum atomic E-state index is 4.36. The quantitative estimate of drug-likeness (QED) is 0.910. The second kappa shape index (κ2) is 6.18. The molecule has 20 heavy (non-hydrogen) atoms. The standard InChI is InChI=1S/C16H24N4/c1-11(2)17-8-16-18-10-19-20(16)9-15-13(4)6-12(3)7-14(15)5/h6-7,10-11,17H,8-9H2,1-5H3. The van der Waals surface area contributed by atoms with Gasteiger partial charge in [0.15, 0.2) is 0 Å². The lowest BCUT2D eigenvalue weighted by atomic mass is 10.00. The van der Waals surface area contributed by atoms with E-state index in [1.807, 2.05) is 4.68 Å². The molecule has 1 aromatic carbocycles. The van der Waals surface area contributed by atoms with Crippen LogP contribution in [0, 0.1) is 20.8 Å². The minimum atomic E-state index is 0.447. The third-order valence-electron chi connectivity index (χ3n) is 3.51. The highest BCUT2D eigenvalue weighted by molar-refractivity contribution is 5.37. The van der Waals surface area contributed by atoms with Crippen LogP contribution in [0.1, 0.15) is 41.9 Å². The average molecular weight is 272 g/mol. The number of aryl methyl sites for hydroxylation is 3. The predicted octanol–water partition coefficient (Wildman–Crippen LogP) is 2.75. The van der Waals surface area contributed by atoms with E-state index in [4.69, 9.17) is 0 Å². The van der Waals surface area contributed by atoms with Gasteiger partial charge in [-0.25, -0.2) is 9.67 Å². The molecule has 0 aliphatic heterocycles. The zero-order valence-electron chi connectivity index (χ0n) is 13.1. The molecular weight excluding hydrogens is 248 g/mol. The monoisotopic (exact) mass is 272 g/mol. The van der Waals surface area contributed by atoms with Crippen LogP contribution in [0.3, 0.4) is 0 Å². The largest absolute Gasteiger partial charge is 0.308 e. The topological polar surface area (TPSA) is 42.7 Å². The van der Waals surface area contributed by atoms with Crippen LogP contribution in [-0.2, 0) is 13.1 Å². The fourth-order valence-corrected chi connectivity index (χ4v) is 2.46. The van der Waals surface area contributed by atoms with Crippen molar-refractivity contribution >= 4 is 0 Å². The molecule has 0 atom stereocenters. The van der Waals surface area contributed by atoms with Gasteiger partial charge in [0, 0.05) is 6.04 Å². The van der Waals surface area contributed by atoms with E-state index in [0.717, 1.165) is 18.9 Å². The van der Waals surface area contributed by atoms with Gasteiger partial charge in [-0.2, -0.15) is 5.10 Å². The molecule has 0 amide bonds. The normalized spacial score (nSPS) is 11.3. The van der Waals surface area contributed by atoms with Crippen LogP contribution < -0.4 is 5.32 Å². The lowest BCUT2D eigenvalue weighted by molar-refractivity contribution is 0.538. The van der Waals surface area contributed by atoms with Crippen LogP contribution in [0.25, 0.3) is 0 Å². The summed E-state index contributed by atoms with van der Waals surface area (Å²) in [4.78, 5) is 4.35. The van der Waals surface area contributed by atoms with Gasteiger partial charge in [-0.3, -0.25) is 0 Å². The van der Waals surface area contributed by atoms with Crippen molar-refractivity contribution in [3.8, 4) is 0 Å². The van der Waals surface area contributed by atoms with Gasteiger partial charge in [-0.15, -0.1) is 0 Å². The van der Waals surface area contributed by atoms with Crippen molar-refractivity contribution < 1.29 is 0 Å². The molecule has 1 heterocycles. The van der Waals surface area contributed by atoms with Gasteiger partial charge in [-0.1, -0.05) is 31.5 Å². The number of hydrogen-bond acceptors (Lipinski definition) is 3. The molecule has 0 aliphatic carbocycles. The highest BCUT2D eigenvalue weighted by Gasteiger charge is 2.09. The molecule has 0 saturated carbocycles. The molecule has 0 unspecified atom stereocenters. The number of benzene rings is 1. The van der Waals surface area contributed by atoms with Crippen LogP contribution in [0.2, 0.25) is 0 Å². The van der Waals surface area contributed by atoms with Crippen LogP contribution in [0.4, 0.5) is 0 Å². The zero-order chi connectivity index (χ0) is 14.7. The highest BCUT2D eigenvalue weighted by atomic mass is 15.3. The molecule has 0 radical (unpaired) electrons. The zero-order valence-corrected chi connectivity index (χ0v) is 13.1. The van der Waals surface area contributed by atoms with E-state index in [9.17, 15) is 0 Å². The molecule has 108 valence electrons. The van der Waals surface area contributed by atoms with Gasteiger partial charge < -0.3 is 5.32 Å². The van der Waals surface area contributed by atoms with E-state index in [-0.39, 0.29) is 0 Å². The van der Waals surface area contributed by atoms with Crippen molar-refractivity contribution in [3.05, 3.63) is 46.5 Å². The first-order valence-corrected chi connectivity index (χ1v) is 7.14. The first kappa shape index (κ1) is 14.7. The first-order valence-electron chi connectivity index (χ1n) is 7.14. The SMILES string of the molecule is Cc1cc(C)c(Cn2ncnc2CNC(C)C)c(C)c1. The van der Waals surface area contributed by atoms with Crippen LogP contribution in [0.5, 0.6) is 0 Å². The van der Waals surface area contributed by atoms with Gasteiger partial charge in [-0.05, 0) is 37.5 Å². The number of nitrogens with zero attached hydrogens (tertiary/aromatic N) is 3. The van der Waals surface area contributed by atoms with E-state index in [1.54, 1.807) is 6.33 Å². The Morgan fingerprint density at radius 3 is 2.40 bits per heavy atom. The molecule has 0 spiro atoms. The average Bonchev–Trinajstić information content (AvgIpc) is 2.78. The first-order chi connectivity index (χ1) is 9.47. The number of nitrogens with one attached hydrogen (secondary N) is 1.